The van der Waals surface area contributed by atoms with Gasteiger partial charge in [0.25, 0.3) is 11.8 Å². The number of hydrogen-bond donors (Lipinski definition) is 2. The minimum absolute atomic E-state index is 0.0157. The SMILES string of the molecule is CC(C)Oc1ccc(C(=O)NNC(=O)COc2ccc(C(C)(C)C)cc2Br)cc1. The Morgan fingerprint density at radius 2 is 1.69 bits per heavy atom. The van der Waals surface area contributed by atoms with Crippen LogP contribution in [-0.2, 0) is 10.2 Å². The third-order valence-corrected chi connectivity index (χ3v) is 4.58. The van der Waals surface area contributed by atoms with E-state index < -0.39 is 11.8 Å². The lowest BCUT2D eigenvalue weighted by Gasteiger charge is -2.20. The highest BCUT2D eigenvalue weighted by molar-refractivity contribution is 9.10. The minimum Gasteiger partial charge on any atom is -0.491 e. The Hall–Kier alpha value is -2.54. The van der Waals surface area contributed by atoms with Crippen LogP contribution in [-0.4, -0.2) is 24.5 Å². The van der Waals surface area contributed by atoms with E-state index in [1.54, 1.807) is 24.3 Å². The summed E-state index contributed by atoms with van der Waals surface area (Å²) in [4.78, 5) is 24.1. The summed E-state index contributed by atoms with van der Waals surface area (Å²) >= 11 is 3.47. The van der Waals surface area contributed by atoms with Gasteiger partial charge in [0.1, 0.15) is 11.5 Å². The Morgan fingerprint density at radius 1 is 1.03 bits per heavy atom. The topological polar surface area (TPSA) is 76.7 Å². The van der Waals surface area contributed by atoms with Crippen LogP contribution >= 0.6 is 15.9 Å². The lowest BCUT2D eigenvalue weighted by Crippen LogP contribution is -2.43. The number of benzene rings is 2. The van der Waals surface area contributed by atoms with Crippen LogP contribution in [0.1, 0.15) is 50.5 Å². The summed E-state index contributed by atoms with van der Waals surface area (Å²) in [7, 11) is 0. The van der Waals surface area contributed by atoms with E-state index in [0.717, 1.165) is 10.0 Å². The van der Waals surface area contributed by atoms with Crippen LogP contribution in [0.2, 0.25) is 0 Å². The average Bonchev–Trinajstić information content (AvgIpc) is 2.64. The molecule has 2 aromatic carbocycles. The van der Waals surface area contributed by atoms with Crippen molar-refractivity contribution in [2.45, 2.75) is 46.1 Å². The van der Waals surface area contributed by atoms with Gasteiger partial charge in [-0.1, -0.05) is 26.8 Å². The minimum atomic E-state index is -0.468. The van der Waals surface area contributed by atoms with Crippen molar-refractivity contribution in [2.24, 2.45) is 0 Å². The van der Waals surface area contributed by atoms with Crippen molar-refractivity contribution in [2.75, 3.05) is 6.61 Å². The van der Waals surface area contributed by atoms with Gasteiger partial charge < -0.3 is 9.47 Å². The molecule has 0 heterocycles. The summed E-state index contributed by atoms with van der Waals surface area (Å²) in [6.07, 6.45) is 0.0543. The summed E-state index contributed by atoms with van der Waals surface area (Å²) in [5, 5.41) is 0. The van der Waals surface area contributed by atoms with Crippen molar-refractivity contribution in [1.82, 2.24) is 10.9 Å². The number of amides is 2. The Bertz CT molecular complexity index is 858. The van der Waals surface area contributed by atoms with Crippen LogP contribution < -0.4 is 20.3 Å². The number of carbonyl (C=O) groups is 2. The average molecular weight is 463 g/mol. The second-order valence-electron chi connectivity index (χ2n) is 7.88. The maximum Gasteiger partial charge on any atom is 0.276 e. The highest BCUT2D eigenvalue weighted by Crippen LogP contribution is 2.31. The largest absolute Gasteiger partial charge is 0.491 e. The second-order valence-corrected chi connectivity index (χ2v) is 8.73. The number of rotatable bonds is 6. The first-order valence-electron chi connectivity index (χ1n) is 9.35. The first-order chi connectivity index (χ1) is 13.6. The van der Waals surface area contributed by atoms with Crippen molar-refractivity contribution in [3.05, 3.63) is 58.1 Å². The zero-order valence-electron chi connectivity index (χ0n) is 17.3. The van der Waals surface area contributed by atoms with Crippen molar-refractivity contribution in [3.63, 3.8) is 0 Å². The third kappa shape index (κ3) is 7.09. The predicted molar refractivity (Wildman–Crippen MR) is 116 cm³/mol. The van der Waals surface area contributed by atoms with Crippen molar-refractivity contribution < 1.29 is 19.1 Å². The summed E-state index contributed by atoms with van der Waals surface area (Å²) in [6, 6.07) is 12.4. The van der Waals surface area contributed by atoms with Crippen LogP contribution in [0.4, 0.5) is 0 Å². The Kier molecular flexibility index (Phi) is 7.67. The molecule has 0 spiro atoms. The molecule has 0 saturated heterocycles. The molecular weight excluding hydrogens is 436 g/mol. The van der Waals surface area contributed by atoms with Gasteiger partial charge in [-0.3, -0.25) is 20.4 Å². The van der Waals surface area contributed by atoms with Gasteiger partial charge >= 0.3 is 0 Å². The molecule has 0 unspecified atom stereocenters. The Balaban J connectivity index is 1.83. The standard InChI is InChI=1S/C22H27BrN2O4/c1-14(2)29-17-9-6-15(7-10-17)21(27)25-24-20(26)13-28-19-11-8-16(12-18(19)23)22(3,4)5/h6-12,14H,13H2,1-5H3,(H,24,26)(H,25,27). The molecule has 0 radical (unpaired) electrons. The molecule has 0 aliphatic heterocycles. The lowest BCUT2D eigenvalue weighted by molar-refractivity contribution is -0.123. The number of hydrogen-bond acceptors (Lipinski definition) is 4. The Morgan fingerprint density at radius 3 is 2.24 bits per heavy atom. The first-order valence-corrected chi connectivity index (χ1v) is 10.1. The van der Waals surface area contributed by atoms with E-state index >= 15 is 0 Å². The normalized spacial score (nSPS) is 11.1. The molecule has 0 bridgehead atoms. The number of ether oxygens (including phenoxy) is 2. The maximum absolute atomic E-state index is 12.1. The van der Waals surface area contributed by atoms with E-state index in [0.29, 0.717) is 17.1 Å². The summed E-state index contributed by atoms with van der Waals surface area (Å²) < 4.78 is 11.8. The number of hydrazine groups is 1. The van der Waals surface area contributed by atoms with Gasteiger partial charge in [-0.15, -0.1) is 0 Å². The van der Waals surface area contributed by atoms with Crippen molar-refractivity contribution in [3.8, 4) is 11.5 Å². The van der Waals surface area contributed by atoms with Gasteiger partial charge in [0.05, 0.1) is 10.6 Å². The van der Waals surface area contributed by atoms with Crippen LogP contribution in [0, 0.1) is 0 Å². The Labute approximate surface area is 180 Å². The number of carbonyl (C=O) groups excluding carboxylic acids is 2. The molecule has 6 nitrogen and oxygen atoms in total. The molecule has 0 aromatic heterocycles. The number of halogens is 1. The van der Waals surface area contributed by atoms with Crippen LogP contribution in [0.3, 0.4) is 0 Å². The van der Waals surface area contributed by atoms with Crippen molar-refractivity contribution in [1.29, 1.82) is 0 Å². The summed E-state index contributed by atoms with van der Waals surface area (Å²) in [5.41, 5.74) is 6.28. The second kappa shape index (κ2) is 9.78. The van der Waals surface area contributed by atoms with E-state index in [-0.39, 0.29) is 18.1 Å². The van der Waals surface area contributed by atoms with E-state index in [1.165, 1.54) is 0 Å². The van der Waals surface area contributed by atoms with E-state index in [2.05, 4.69) is 47.6 Å². The van der Waals surface area contributed by atoms with Gasteiger partial charge in [0.15, 0.2) is 6.61 Å². The van der Waals surface area contributed by atoms with Gasteiger partial charge in [-0.25, -0.2) is 0 Å². The zero-order valence-corrected chi connectivity index (χ0v) is 18.9. The highest BCUT2D eigenvalue weighted by atomic mass is 79.9. The zero-order chi connectivity index (χ0) is 21.6. The molecule has 0 fully saturated rings. The van der Waals surface area contributed by atoms with Crippen LogP contribution in [0.15, 0.2) is 46.9 Å². The third-order valence-electron chi connectivity index (χ3n) is 3.96. The highest BCUT2D eigenvalue weighted by Gasteiger charge is 2.16. The monoisotopic (exact) mass is 462 g/mol. The quantitative estimate of drug-likeness (QED) is 0.624. The molecular formula is C22H27BrN2O4. The fourth-order valence-electron chi connectivity index (χ4n) is 2.42. The molecule has 2 aromatic rings. The molecule has 156 valence electrons. The van der Waals surface area contributed by atoms with Crippen LogP contribution in [0.25, 0.3) is 0 Å². The fourth-order valence-corrected chi connectivity index (χ4v) is 2.91. The molecule has 0 atom stereocenters. The molecule has 7 heteroatoms. The van der Waals surface area contributed by atoms with Gasteiger partial charge in [0, 0.05) is 5.56 Å². The molecule has 2 rings (SSSR count). The first kappa shape index (κ1) is 22.7. The van der Waals surface area contributed by atoms with Gasteiger partial charge in [-0.2, -0.15) is 0 Å². The smallest absolute Gasteiger partial charge is 0.276 e. The van der Waals surface area contributed by atoms with E-state index in [1.807, 2.05) is 32.0 Å². The predicted octanol–water partition coefficient (Wildman–Crippen LogP) is 4.37. The number of nitrogens with one attached hydrogen (secondary N) is 2. The van der Waals surface area contributed by atoms with Gasteiger partial charge in [0.2, 0.25) is 0 Å². The van der Waals surface area contributed by atoms with E-state index in [4.69, 9.17) is 9.47 Å². The molecule has 29 heavy (non-hydrogen) atoms. The lowest BCUT2D eigenvalue weighted by atomic mass is 9.87. The fraction of sp³-hybridized carbons (Fsp3) is 0.364. The molecule has 0 saturated carbocycles. The van der Waals surface area contributed by atoms with Crippen molar-refractivity contribution >= 4 is 27.7 Å². The molecule has 0 aliphatic carbocycles. The summed E-state index contributed by atoms with van der Waals surface area (Å²) in [5.74, 6) is 0.340. The van der Waals surface area contributed by atoms with Gasteiger partial charge in [-0.05, 0) is 77.2 Å². The van der Waals surface area contributed by atoms with E-state index in [9.17, 15) is 9.59 Å². The van der Waals surface area contributed by atoms with Crippen LogP contribution in [0.5, 0.6) is 11.5 Å². The maximum atomic E-state index is 12.1. The molecule has 0 aliphatic rings. The molecule has 2 N–H and O–H groups in total. The molecule has 2 amide bonds. The summed E-state index contributed by atoms with van der Waals surface area (Å²) in [6.45, 7) is 9.99.